The standard InChI is InChI=1S/C14H13FN2O2/c1-9-4-10(7-17-6-9)8-19-14(18)11-2-3-12(15)13(16)5-11/h2-7H,8,16H2,1H3. The van der Waals surface area contributed by atoms with Crippen molar-refractivity contribution in [2.45, 2.75) is 13.5 Å². The van der Waals surface area contributed by atoms with E-state index < -0.39 is 11.8 Å². The van der Waals surface area contributed by atoms with Gasteiger partial charge in [-0.05, 0) is 36.8 Å². The maximum absolute atomic E-state index is 13.0. The molecule has 2 aromatic rings. The Hall–Kier alpha value is -2.43. The molecule has 0 bridgehead atoms. The molecule has 0 unspecified atom stereocenters. The number of ether oxygens (including phenoxy) is 1. The molecule has 2 rings (SSSR count). The number of carbonyl (C=O) groups is 1. The first-order valence-corrected chi connectivity index (χ1v) is 5.69. The van der Waals surface area contributed by atoms with E-state index in [1.807, 2.05) is 13.0 Å². The Morgan fingerprint density at radius 2 is 2.16 bits per heavy atom. The van der Waals surface area contributed by atoms with Gasteiger partial charge in [-0.25, -0.2) is 9.18 Å². The number of nitrogens with zero attached hydrogens (tertiary/aromatic N) is 1. The number of nitrogens with two attached hydrogens (primary N) is 1. The summed E-state index contributed by atoms with van der Waals surface area (Å²) >= 11 is 0. The molecule has 0 aliphatic heterocycles. The second-order valence-electron chi connectivity index (χ2n) is 4.18. The maximum atomic E-state index is 13.0. The zero-order valence-electron chi connectivity index (χ0n) is 10.4. The lowest BCUT2D eigenvalue weighted by Crippen LogP contribution is -2.06. The predicted octanol–water partition coefficient (Wildman–Crippen LogP) is 2.47. The minimum Gasteiger partial charge on any atom is -0.457 e. The first kappa shape index (κ1) is 13.0. The molecule has 0 fully saturated rings. The van der Waals surface area contributed by atoms with Gasteiger partial charge in [0.1, 0.15) is 12.4 Å². The third-order valence-electron chi connectivity index (χ3n) is 2.53. The first-order valence-electron chi connectivity index (χ1n) is 5.69. The van der Waals surface area contributed by atoms with Crippen LogP contribution in [0.15, 0.2) is 36.7 Å². The molecule has 98 valence electrons. The van der Waals surface area contributed by atoms with E-state index in [0.29, 0.717) is 0 Å². The smallest absolute Gasteiger partial charge is 0.338 e. The fourth-order valence-electron chi connectivity index (χ4n) is 1.60. The van der Waals surface area contributed by atoms with Crippen molar-refractivity contribution in [3.8, 4) is 0 Å². The Bertz CT molecular complexity index is 614. The van der Waals surface area contributed by atoms with Crippen LogP contribution in [0.4, 0.5) is 10.1 Å². The molecule has 0 aliphatic rings. The van der Waals surface area contributed by atoms with Crippen molar-refractivity contribution in [1.29, 1.82) is 0 Å². The van der Waals surface area contributed by atoms with Crippen molar-refractivity contribution in [1.82, 2.24) is 4.98 Å². The summed E-state index contributed by atoms with van der Waals surface area (Å²) in [7, 11) is 0. The van der Waals surface area contributed by atoms with Crippen molar-refractivity contribution < 1.29 is 13.9 Å². The van der Waals surface area contributed by atoms with E-state index in [9.17, 15) is 9.18 Å². The number of rotatable bonds is 3. The monoisotopic (exact) mass is 260 g/mol. The van der Waals surface area contributed by atoms with Gasteiger partial charge < -0.3 is 10.5 Å². The number of hydrogen-bond donors (Lipinski definition) is 1. The number of hydrogen-bond acceptors (Lipinski definition) is 4. The van der Waals surface area contributed by atoms with E-state index in [0.717, 1.165) is 17.2 Å². The van der Waals surface area contributed by atoms with Gasteiger partial charge in [0, 0.05) is 18.0 Å². The molecule has 0 amide bonds. The third kappa shape index (κ3) is 3.28. The molecule has 2 N–H and O–H groups in total. The van der Waals surface area contributed by atoms with E-state index in [2.05, 4.69) is 4.98 Å². The second kappa shape index (κ2) is 5.48. The van der Waals surface area contributed by atoms with Gasteiger partial charge in [-0.2, -0.15) is 0 Å². The van der Waals surface area contributed by atoms with Crippen LogP contribution in [0.2, 0.25) is 0 Å². The van der Waals surface area contributed by atoms with E-state index >= 15 is 0 Å². The van der Waals surface area contributed by atoms with Crippen LogP contribution >= 0.6 is 0 Å². The zero-order valence-corrected chi connectivity index (χ0v) is 10.4. The van der Waals surface area contributed by atoms with Crippen molar-refractivity contribution in [2.75, 3.05) is 5.73 Å². The van der Waals surface area contributed by atoms with Gasteiger partial charge in [0.05, 0.1) is 11.3 Å². The molecule has 0 aliphatic carbocycles. The maximum Gasteiger partial charge on any atom is 0.338 e. The van der Waals surface area contributed by atoms with Crippen molar-refractivity contribution >= 4 is 11.7 Å². The summed E-state index contributed by atoms with van der Waals surface area (Å²) in [6, 6.07) is 5.61. The Kier molecular flexibility index (Phi) is 3.75. The molecule has 0 saturated heterocycles. The van der Waals surface area contributed by atoms with E-state index in [-0.39, 0.29) is 17.9 Å². The fraction of sp³-hybridized carbons (Fsp3) is 0.143. The summed E-state index contributed by atoms with van der Waals surface area (Å²) in [4.78, 5) is 15.7. The van der Waals surface area contributed by atoms with Crippen LogP contribution in [0, 0.1) is 12.7 Å². The minimum absolute atomic E-state index is 0.0772. The number of benzene rings is 1. The van der Waals surface area contributed by atoms with Gasteiger partial charge in [-0.3, -0.25) is 4.98 Å². The molecule has 1 aromatic carbocycles. The SMILES string of the molecule is Cc1cncc(COC(=O)c2ccc(F)c(N)c2)c1. The number of esters is 1. The molecule has 0 saturated carbocycles. The van der Waals surface area contributed by atoms with Crippen molar-refractivity contribution in [3.05, 3.63) is 59.2 Å². The molecule has 0 radical (unpaired) electrons. The summed E-state index contributed by atoms with van der Waals surface area (Å²) < 4.78 is 18.1. The summed E-state index contributed by atoms with van der Waals surface area (Å²) in [6.07, 6.45) is 3.34. The highest BCUT2D eigenvalue weighted by molar-refractivity contribution is 5.90. The Labute approximate surface area is 110 Å². The lowest BCUT2D eigenvalue weighted by atomic mass is 10.2. The number of halogens is 1. The molecule has 0 spiro atoms. The third-order valence-corrected chi connectivity index (χ3v) is 2.53. The van der Waals surface area contributed by atoms with E-state index in [4.69, 9.17) is 10.5 Å². The van der Waals surface area contributed by atoms with Crippen molar-refractivity contribution in [3.63, 3.8) is 0 Å². The van der Waals surface area contributed by atoms with E-state index in [1.165, 1.54) is 12.1 Å². The number of aryl methyl sites for hydroxylation is 1. The van der Waals surface area contributed by atoms with Gasteiger partial charge in [0.25, 0.3) is 0 Å². The average Bonchev–Trinajstić information content (AvgIpc) is 2.39. The molecule has 5 heteroatoms. The summed E-state index contributed by atoms with van der Waals surface area (Å²) in [5, 5.41) is 0. The zero-order chi connectivity index (χ0) is 13.8. The van der Waals surface area contributed by atoms with Crippen LogP contribution in [-0.2, 0) is 11.3 Å². The molecule has 0 atom stereocenters. The summed E-state index contributed by atoms with van der Waals surface area (Å²) in [6.45, 7) is 2.02. The molecule has 19 heavy (non-hydrogen) atoms. The largest absolute Gasteiger partial charge is 0.457 e. The normalized spacial score (nSPS) is 10.2. The molecular weight excluding hydrogens is 247 g/mol. The Morgan fingerprint density at radius 3 is 2.84 bits per heavy atom. The van der Waals surface area contributed by atoms with Gasteiger partial charge in [0.2, 0.25) is 0 Å². The fourth-order valence-corrected chi connectivity index (χ4v) is 1.60. The molecule has 4 nitrogen and oxygen atoms in total. The quantitative estimate of drug-likeness (QED) is 0.680. The van der Waals surface area contributed by atoms with Gasteiger partial charge in [-0.15, -0.1) is 0 Å². The Balaban J connectivity index is 2.03. The van der Waals surface area contributed by atoms with Crippen LogP contribution in [0.5, 0.6) is 0 Å². The van der Waals surface area contributed by atoms with Gasteiger partial charge in [-0.1, -0.05) is 0 Å². The number of carbonyl (C=O) groups excluding carboxylic acids is 1. The Morgan fingerprint density at radius 1 is 1.37 bits per heavy atom. The summed E-state index contributed by atoms with van der Waals surface area (Å²) in [5.74, 6) is -1.10. The highest BCUT2D eigenvalue weighted by Gasteiger charge is 2.09. The number of aromatic nitrogens is 1. The van der Waals surface area contributed by atoms with Crippen LogP contribution < -0.4 is 5.73 Å². The summed E-state index contributed by atoms with van der Waals surface area (Å²) in [5.41, 5.74) is 7.32. The molecule has 1 heterocycles. The van der Waals surface area contributed by atoms with Crippen LogP contribution in [0.25, 0.3) is 0 Å². The lowest BCUT2D eigenvalue weighted by molar-refractivity contribution is 0.0472. The van der Waals surface area contributed by atoms with Gasteiger partial charge in [0.15, 0.2) is 0 Å². The predicted molar refractivity (Wildman–Crippen MR) is 68.9 cm³/mol. The number of anilines is 1. The van der Waals surface area contributed by atoms with Crippen LogP contribution in [-0.4, -0.2) is 11.0 Å². The van der Waals surface area contributed by atoms with E-state index in [1.54, 1.807) is 12.4 Å². The number of nitrogen functional groups attached to an aromatic ring is 1. The average molecular weight is 260 g/mol. The van der Waals surface area contributed by atoms with Gasteiger partial charge >= 0.3 is 5.97 Å². The molecule has 1 aromatic heterocycles. The van der Waals surface area contributed by atoms with Crippen LogP contribution in [0.1, 0.15) is 21.5 Å². The number of pyridine rings is 1. The first-order chi connectivity index (χ1) is 9.06. The highest BCUT2D eigenvalue weighted by atomic mass is 19.1. The van der Waals surface area contributed by atoms with Crippen molar-refractivity contribution in [2.24, 2.45) is 0 Å². The lowest BCUT2D eigenvalue weighted by Gasteiger charge is -2.06. The topological polar surface area (TPSA) is 65.2 Å². The molecular formula is C14H13FN2O2. The highest BCUT2D eigenvalue weighted by Crippen LogP contribution is 2.14. The second-order valence-corrected chi connectivity index (χ2v) is 4.18. The van der Waals surface area contributed by atoms with Crippen LogP contribution in [0.3, 0.4) is 0 Å². The minimum atomic E-state index is -0.556.